The topological polar surface area (TPSA) is 60.0 Å². The third kappa shape index (κ3) is 4.34. The molecule has 0 amide bonds. The Balaban J connectivity index is 2.85. The molecule has 1 rings (SSSR count). The van der Waals surface area contributed by atoms with Crippen molar-refractivity contribution in [2.45, 2.75) is 33.2 Å². The predicted octanol–water partition coefficient (Wildman–Crippen LogP) is 1.06. The molecule has 0 saturated heterocycles. The molecular formula is C12H23N5S. The number of hydrogen-bond donors (Lipinski definition) is 1. The number of rotatable bonds is 7. The fourth-order valence-electron chi connectivity index (χ4n) is 1.67. The van der Waals surface area contributed by atoms with Gasteiger partial charge in [0.2, 0.25) is 0 Å². The van der Waals surface area contributed by atoms with Gasteiger partial charge in [-0.1, -0.05) is 31.3 Å². The molecule has 0 aliphatic rings. The fraction of sp³-hybridized carbons (Fsp3) is 0.750. The predicted molar refractivity (Wildman–Crippen MR) is 77.6 cm³/mol. The molecule has 18 heavy (non-hydrogen) atoms. The Morgan fingerprint density at radius 2 is 2.11 bits per heavy atom. The largest absolute Gasteiger partial charge is 0.388 e. The van der Waals surface area contributed by atoms with Gasteiger partial charge in [0.1, 0.15) is 10.7 Å². The van der Waals surface area contributed by atoms with Gasteiger partial charge in [0.25, 0.3) is 0 Å². The lowest BCUT2D eigenvalue weighted by Gasteiger charge is -2.12. The van der Waals surface area contributed by atoms with Gasteiger partial charge in [-0.05, 0) is 32.9 Å². The SMILES string of the molecule is CC(C)CCc1c(C(N)=S)nnn1CCN(C)C. The molecule has 0 aromatic carbocycles. The van der Waals surface area contributed by atoms with Crippen LogP contribution in [-0.4, -0.2) is 45.5 Å². The first-order valence-electron chi connectivity index (χ1n) is 6.28. The summed E-state index contributed by atoms with van der Waals surface area (Å²) in [6.45, 7) is 6.15. The third-order valence-electron chi connectivity index (χ3n) is 2.79. The third-order valence-corrected chi connectivity index (χ3v) is 2.98. The lowest BCUT2D eigenvalue weighted by Crippen LogP contribution is -2.21. The number of likely N-dealkylation sites (N-methyl/N-ethyl adjacent to an activating group) is 1. The molecule has 6 heteroatoms. The molecule has 0 aliphatic carbocycles. The molecule has 1 aromatic rings. The van der Waals surface area contributed by atoms with Crippen molar-refractivity contribution in [3.63, 3.8) is 0 Å². The zero-order chi connectivity index (χ0) is 13.7. The highest BCUT2D eigenvalue weighted by atomic mass is 32.1. The first-order chi connectivity index (χ1) is 8.41. The van der Waals surface area contributed by atoms with Crippen LogP contribution in [0.2, 0.25) is 0 Å². The molecule has 5 nitrogen and oxygen atoms in total. The summed E-state index contributed by atoms with van der Waals surface area (Å²) in [5.41, 5.74) is 7.45. The van der Waals surface area contributed by atoms with Crippen molar-refractivity contribution in [1.82, 2.24) is 19.9 Å². The van der Waals surface area contributed by atoms with E-state index >= 15 is 0 Å². The van der Waals surface area contributed by atoms with Crippen LogP contribution in [0.5, 0.6) is 0 Å². The average molecular weight is 269 g/mol. The summed E-state index contributed by atoms with van der Waals surface area (Å²) in [6.07, 6.45) is 2.01. The Kier molecular flexibility index (Phi) is 5.68. The Bertz CT molecular complexity index is 397. The maximum absolute atomic E-state index is 5.70. The summed E-state index contributed by atoms with van der Waals surface area (Å²) in [4.78, 5) is 2.46. The first kappa shape index (κ1) is 15.0. The number of nitrogens with zero attached hydrogens (tertiary/aromatic N) is 4. The van der Waals surface area contributed by atoms with Crippen molar-refractivity contribution in [1.29, 1.82) is 0 Å². The molecule has 0 atom stereocenters. The second-order valence-corrected chi connectivity index (χ2v) is 5.65. The van der Waals surface area contributed by atoms with Gasteiger partial charge in [0.05, 0.1) is 12.2 Å². The van der Waals surface area contributed by atoms with Crippen LogP contribution in [0.15, 0.2) is 0 Å². The van der Waals surface area contributed by atoms with Gasteiger partial charge in [-0.3, -0.25) is 0 Å². The minimum Gasteiger partial charge on any atom is -0.388 e. The normalized spacial score (nSPS) is 11.4. The van der Waals surface area contributed by atoms with Gasteiger partial charge < -0.3 is 10.6 Å². The summed E-state index contributed by atoms with van der Waals surface area (Å²) >= 11 is 5.03. The Labute approximate surface area is 114 Å². The number of hydrogen-bond acceptors (Lipinski definition) is 4. The summed E-state index contributed by atoms with van der Waals surface area (Å²) < 4.78 is 1.93. The van der Waals surface area contributed by atoms with E-state index in [2.05, 4.69) is 29.1 Å². The van der Waals surface area contributed by atoms with Gasteiger partial charge in [-0.2, -0.15) is 0 Å². The first-order valence-corrected chi connectivity index (χ1v) is 6.69. The van der Waals surface area contributed by atoms with E-state index in [0.29, 0.717) is 16.6 Å². The zero-order valence-electron chi connectivity index (χ0n) is 11.7. The lowest BCUT2D eigenvalue weighted by molar-refractivity contribution is 0.365. The molecular weight excluding hydrogens is 246 g/mol. The minimum absolute atomic E-state index is 0.338. The second kappa shape index (κ2) is 6.80. The Morgan fingerprint density at radius 1 is 1.44 bits per heavy atom. The lowest BCUT2D eigenvalue weighted by atomic mass is 10.1. The Morgan fingerprint density at radius 3 is 2.61 bits per heavy atom. The van der Waals surface area contributed by atoms with Crippen LogP contribution in [-0.2, 0) is 13.0 Å². The highest BCUT2D eigenvalue weighted by Gasteiger charge is 2.15. The maximum atomic E-state index is 5.70. The molecule has 0 radical (unpaired) electrons. The zero-order valence-corrected chi connectivity index (χ0v) is 12.5. The van der Waals surface area contributed by atoms with E-state index in [-0.39, 0.29) is 0 Å². The summed E-state index contributed by atoms with van der Waals surface area (Å²) in [6, 6.07) is 0. The monoisotopic (exact) mass is 269 g/mol. The second-order valence-electron chi connectivity index (χ2n) is 5.21. The summed E-state index contributed by atoms with van der Waals surface area (Å²) in [5, 5.41) is 8.26. The average Bonchev–Trinajstić information content (AvgIpc) is 2.66. The van der Waals surface area contributed by atoms with Crippen molar-refractivity contribution < 1.29 is 0 Å². The number of aromatic nitrogens is 3. The number of nitrogens with two attached hydrogens (primary N) is 1. The van der Waals surface area contributed by atoms with Gasteiger partial charge >= 0.3 is 0 Å². The molecule has 0 bridgehead atoms. The van der Waals surface area contributed by atoms with Crippen LogP contribution in [0.3, 0.4) is 0 Å². The minimum atomic E-state index is 0.338. The van der Waals surface area contributed by atoms with Crippen LogP contribution in [0.4, 0.5) is 0 Å². The van der Waals surface area contributed by atoms with E-state index in [1.165, 1.54) is 0 Å². The highest BCUT2D eigenvalue weighted by molar-refractivity contribution is 7.80. The number of thiocarbonyl (C=S) groups is 1. The fourth-order valence-corrected chi connectivity index (χ4v) is 1.83. The van der Waals surface area contributed by atoms with E-state index in [4.69, 9.17) is 18.0 Å². The van der Waals surface area contributed by atoms with E-state index < -0.39 is 0 Å². The van der Waals surface area contributed by atoms with Crippen molar-refractivity contribution in [3.05, 3.63) is 11.4 Å². The Hall–Kier alpha value is -1.01. The van der Waals surface area contributed by atoms with Crippen LogP contribution in [0.1, 0.15) is 31.7 Å². The molecule has 1 heterocycles. The molecule has 0 saturated carbocycles. The van der Waals surface area contributed by atoms with Crippen molar-refractivity contribution in [3.8, 4) is 0 Å². The highest BCUT2D eigenvalue weighted by Crippen LogP contribution is 2.12. The van der Waals surface area contributed by atoms with Crippen molar-refractivity contribution in [2.24, 2.45) is 11.7 Å². The van der Waals surface area contributed by atoms with Crippen molar-refractivity contribution >= 4 is 17.2 Å². The van der Waals surface area contributed by atoms with Crippen LogP contribution in [0, 0.1) is 5.92 Å². The van der Waals surface area contributed by atoms with Crippen molar-refractivity contribution in [2.75, 3.05) is 20.6 Å². The van der Waals surface area contributed by atoms with E-state index in [1.807, 2.05) is 18.8 Å². The maximum Gasteiger partial charge on any atom is 0.143 e. The van der Waals surface area contributed by atoms with E-state index in [9.17, 15) is 0 Å². The summed E-state index contributed by atoms with van der Waals surface area (Å²) in [5.74, 6) is 0.640. The van der Waals surface area contributed by atoms with E-state index in [0.717, 1.165) is 31.6 Å². The van der Waals surface area contributed by atoms with Crippen LogP contribution < -0.4 is 5.73 Å². The van der Waals surface area contributed by atoms with Crippen LogP contribution in [0.25, 0.3) is 0 Å². The molecule has 102 valence electrons. The smallest absolute Gasteiger partial charge is 0.143 e. The molecule has 2 N–H and O–H groups in total. The molecule has 0 unspecified atom stereocenters. The quantitative estimate of drug-likeness (QED) is 0.750. The molecule has 0 aliphatic heterocycles. The van der Waals surface area contributed by atoms with E-state index in [1.54, 1.807) is 0 Å². The van der Waals surface area contributed by atoms with Gasteiger partial charge in [0.15, 0.2) is 0 Å². The molecule has 1 aromatic heterocycles. The molecule has 0 fully saturated rings. The van der Waals surface area contributed by atoms with Gasteiger partial charge in [-0.15, -0.1) is 5.10 Å². The van der Waals surface area contributed by atoms with Gasteiger partial charge in [0, 0.05) is 6.54 Å². The van der Waals surface area contributed by atoms with Gasteiger partial charge in [-0.25, -0.2) is 4.68 Å². The summed E-state index contributed by atoms with van der Waals surface area (Å²) in [7, 11) is 4.08. The van der Waals surface area contributed by atoms with Crippen LogP contribution >= 0.6 is 12.2 Å². The standard InChI is InChI=1S/C12H23N5S/c1-9(2)5-6-10-11(12(13)18)14-15-17(10)8-7-16(3)4/h9H,5-8H2,1-4H3,(H2,13,18). The molecule has 0 spiro atoms.